The number of ether oxygens (including phenoxy) is 1. The molecule has 1 aliphatic rings. The molecule has 6 heteroatoms. The molecule has 126 valence electrons. The van der Waals surface area contributed by atoms with Crippen LogP contribution in [0.3, 0.4) is 0 Å². The van der Waals surface area contributed by atoms with Gasteiger partial charge in [0.15, 0.2) is 0 Å². The molecule has 1 aromatic carbocycles. The van der Waals surface area contributed by atoms with Crippen LogP contribution in [0.15, 0.2) is 24.4 Å². The second-order valence-electron chi connectivity index (χ2n) is 6.21. The Labute approximate surface area is 147 Å². The Kier molecular flexibility index (Phi) is 5.20. The van der Waals surface area contributed by atoms with Gasteiger partial charge in [0.05, 0.1) is 30.0 Å². The van der Waals surface area contributed by atoms with Crippen LogP contribution < -0.4 is 5.32 Å². The number of anilines is 1. The third kappa shape index (κ3) is 3.46. The summed E-state index contributed by atoms with van der Waals surface area (Å²) >= 11 is 6.13. The highest BCUT2D eigenvalue weighted by Gasteiger charge is 2.23. The molecule has 1 fully saturated rings. The lowest BCUT2D eigenvalue weighted by molar-refractivity contribution is -0.0159. The number of fused-ring (bicyclic) bond motifs is 1. The Balaban J connectivity index is 1.84. The standard InChI is InChI=1S/C18H21ClN4O/c1-12(23-5-6-24-11-13(23)2)9-22-18-14(8-20)10-21-17-4-3-15(19)7-16(17)18/h3-4,7,10,12-13H,5-6,9,11H2,1-2H3,(H,21,22). The minimum absolute atomic E-state index is 0.331. The second-order valence-corrected chi connectivity index (χ2v) is 6.65. The number of nitrogens with one attached hydrogen (secondary N) is 1. The Morgan fingerprint density at radius 1 is 1.54 bits per heavy atom. The predicted octanol–water partition coefficient (Wildman–Crippen LogP) is 3.28. The van der Waals surface area contributed by atoms with Gasteiger partial charge in [0, 0.05) is 41.8 Å². The highest BCUT2D eigenvalue weighted by atomic mass is 35.5. The van der Waals surface area contributed by atoms with Gasteiger partial charge in [-0.25, -0.2) is 0 Å². The van der Waals surface area contributed by atoms with Crippen molar-refractivity contribution in [3.63, 3.8) is 0 Å². The molecule has 2 atom stereocenters. The van der Waals surface area contributed by atoms with Crippen molar-refractivity contribution in [2.45, 2.75) is 25.9 Å². The molecule has 0 radical (unpaired) electrons. The van der Waals surface area contributed by atoms with E-state index >= 15 is 0 Å². The third-order valence-corrected chi connectivity index (χ3v) is 4.74. The summed E-state index contributed by atoms with van der Waals surface area (Å²) in [6.07, 6.45) is 1.61. The molecule has 3 rings (SSSR count). The highest BCUT2D eigenvalue weighted by Crippen LogP contribution is 2.28. The van der Waals surface area contributed by atoms with Crippen molar-refractivity contribution in [2.75, 3.05) is 31.6 Å². The van der Waals surface area contributed by atoms with Crippen molar-refractivity contribution in [3.05, 3.63) is 35.0 Å². The molecule has 0 saturated carbocycles. The molecule has 0 aliphatic carbocycles. The molecule has 5 nitrogen and oxygen atoms in total. The Morgan fingerprint density at radius 3 is 3.12 bits per heavy atom. The maximum absolute atomic E-state index is 9.41. The van der Waals surface area contributed by atoms with Gasteiger partial charge in [0.25, 0.3) is 0 Å². The summed E-state index contributed by atoms with van der Waals surface area (Å²) in [6, 6.07) is 8.49. The van der Waals surface area contributed by atoms with Gasteiger partial charge in [0.2, 0.25) is 0 Å². The van der Waals surface area contributed by atoms with Crippen LogP contribution in [-0.2, 0) is 4.74 Å². The summed E-state index contributed by atoms with van der Waals surface area (Å²) in [5.74, 6) is 0. The summed E-state index contributed by atoms with van der Waals surface area (Å²) < 4.78 is 5.50. The summed E-state index contributed by atoms with van der Waals surface area (Å²) in [5, 5.41) is 14.4. The second kappa shape index (κ2) is 7.35. The van der Waals surface area contributed by atoms with E-state index in [0.29, 0.717) is 22.7 Å². The number of rotatable bonds is 4. The summed E-state index contributed by atoms with van der Waals surface area (Å²) in [7, 11) is 0. The first kappa shape index (κ1) is 17.0. The zero-order valence-electron chi connectivity index (χ0n) is 13.9. The third-order valence-electron chi connectivity index (χ3n) is 4.51. The van der Waals surface area contributed by atoms with Crippen molar-refractivity contribution < 1.29 is 4.74 Å². The number of hydrogen-bond acceptors (Lipinski definition) is 5. The molecule has 0 spiro atoms. The average molecular weight is 345 g/mol. The van der Waals surface area contributed by atoms with Crippen molar-refractivity contribution in [1.29, 1.82) is 5.26 Å². The van der Waals surface area contributed by atoms with Crippen molar-refractivity contribution in [3.8, 4) is 6.07 Å². The smallest absolute Gasteiger partial charge is 0.103 e. The van der Waals surface area contributed by atoms with Crippen LogP contribution in [0.4, 0.5) is 5.69 Å². The van der Waals surface area contributed by atoms with Gasteiger partial charge in [-0.15, -0.1) is 0 Å². The van der Waals surface area contributed by atoms with E-state index in [1.54, 1.807) is 6.20 Å². The lowest BCUT2D eigenvalue weighted by Gasteiger charge is -2.38. The van der Waals surface area contributed by atoms with E-state index in [-0.39, 0.29) is 0 Å². The van der Waals surface area contributed by atoms with E-state index in [4.69, 9.17) is 16.3 Å². The monoisotopic (exact) mass is 344 g/mol. The fourth-order valence-electron chi connectivity index (χ4n) is 3.20. The molecule has 2 aromatic rings. The van der Waals surface area contributed by atoms with E-state index < -0.39 is 0 Å². The number of hydrogen-bond donors (Lipinski definition) is 1. The molecule has 1 aliphatic heterocycles. The quantitative estimate of drug-likeness (QED) is 0.922. The highest BCUT2D eigenvalue weighted by molar-refractivity contribution is 6.31. The number of pyridine rings is 1. The molecular weight excluding hydrogens is 324 g/mol. The number of nitriles is 1. The molecule has 2 heterocycles. The van der Waals surface area contributed by atoms with Gasteiger partial charge >= 0.3 is 0 Å². The minimum atomic E-state index is 0.331. The van der Waals surface area contributed by atoms with Crippen LogP contribution in [-0.4, -0.2) is 48.3 Å². The number of aromatic nitrogens is 1. The minimum Gasteiger partial charge on any atom is -0.382 e. The first-order valence-electron chi connectivity index (χ1n) is 8.16. The molecule has 0 amide bonds. The van der Waals surface area contributed by atoms with Gasteiger partial charge in [-0.1, -0.05) is 11.6 Å². The number of nitrogens with zero attached hydrogens (tertiary/aromatic N) is 3. The van der Waals surface area contributed by atoms with Crippen LogP contribution in [0.2, 0.25) is 5.02 Å². The maximum atomic E-state index is 9.41. The van der Waals surface area contributed by atoms with E-state index in [1.165, 1.54) is 0 Å². The van der Waals surface area contributed by atoms with Crippen molar-refractivity contribution >= 4 is 28.2 Å². The lowest BCUT2D eigenvalue weighted by atomic mass is 10.1. The summed E-state index contributed by atoms with van der Waals surface area (Å²) in [5.41, 5.74) is 2.16. The van der Waals surface area contributed by atoms with Gasteiger partial charge < -0.3 is 10.1 Å². The van der Waals surface area contributed by atoms with E-state index in [9.17, 15) is 5.26 Å². The SMILES string of the molecule is CC(CNc1c(C#N)cnc2ccc(Cl)cc12)N1CCOCC1C. The van der Waals surface area contributed by atoms with E-state index in [2.05, 4.69) is 35.1 Å². The molecular formula is C18H21ClN4O. The zero-order valence-corrected chi connectivity index (χ0v) is 14.7. The van der Waals surface area contributed by atoms with Crippen LogP contribution >= 0.6 is 11.6 Å². The average Bonchev–Trinajstić information content (AvgIpc) is 2.59. The first-order valence-corrected chi connectivity index (χ1v) is 8.53. The molecule has 1 N–H and O–H groups in total. The number of halogens is 1. The van der Waals surface area contributed by atoms with Crippen LogP contribution in [0.25, 0.3) is 10.9 Å². The van der Waals surface area contributed by atoms with Crippen molar-refractivity contribution in [2.24, 2.45) is 0 Å². The summed E-state index contributed by atoms with van der Waals surface area (Å²) in [4.78, 5) is 6.76. The lowest BCUT2D eigenvalue weighted by Crippen LogP contribution is -2.50. The van der Waals surface area contributed by atoms with Gasteiger partial charge in [0.1, 0.15) is 6.07 Å². The maximum Gasteiger partial charge on any atom is 0.103 e. The molecule has 2 unspecified atom stereocenters. The fraction of sp³-hybridized carbons (Fsp3) is 0.444. The number of benzene rings is 1. The normalized spacial score (nSPS) is 19.8. The van der Waals surface area contributed by atoms with Gasteiger partial charge in [-0.05, 0) is 32.0 Å². The summed E-state index contributed by atoms with van der Waals surface area (Å²) in [6.45, 7) is 7.57. The van der Waals surface area contributed by atoms with Crippen LogP contribution in [0, 0.1) is 11.3 Å². The Morgan fingerprint density at radius 2 is 2.38 bits per heavy atom. The van der Waals surface area contributed by atoms with Gasteiger partial charge in [-0.3, -0.25) is 9.88 Å². The first-order chi connectivity index (χ1) is 11.6. The molecule has 1 aromatic heterocycles. The van der Waals surface area contributed by atoms with Crippen LogP contribution in [0.1, 0.15) is 19.4 Å². The van der Waals surface area contributed by atoms with E-state index in [1.807, 2.05) is 18.2 Å². The molecule has 24 heavy (non-hydrogen) atoms. The molecule has 1 saturated heterocycles. The van der Waals surface area contributed by atoms with Gasteiger partial charge in [-0.2, -0.15) is 5.26 Å². The van der Waals surface area contributed by atoms with E-state index in [0.717, 1.165) is 42.9 Å². The topological polar surface area (TPSA) is 61.2 Å². The zero-order chi connectivity index (χ0) is 17.1. The van der Waals surface area contributed by atoms with Crippen molar-refractivity contribution in [1.82, 2.24) is 9.88 Å². The van der Waals surface area contributed by atoms with Crippen LogP contribution in [0.5, 0.6) is 0 Å². The number of morpholine rings is 1. The predicted molar refractivity (Wildman–Crippen MR) is 96.4 cm³/mol. The largest absolute Gasteiger partial charge is 0.382 e. The Hall–Kier alpha value is -1.87. The Bertz CT molecular complexity index is 773. The fourth-order valence-corrected chi connectivity index (χ4v) is 3.37. The molecule has 0 bridgehead atoms.